The van der Waals surface area contributed by atoms with Crippen LogP contribution < -0.4 is 4.90 Å². The van der Waals surface area contributed by atoms with E-state index in [0.717, 1.165) is 56.0 Å². The van der Waals surface area contributed by atoms with E-state index in [2.05, 4.69) is 206 Å². The Bertz CT molecular complexity index is 2970. The maximum absolute atomic E-state index is 6.34. The van der Waals surface area contributed by atoms with Gasteiger partial charge in [0.25, 0.3) is 0 Å². The van der Waals surface area contributed by atoms with Crippen LogP contribution in [0.15, 0.2) is 211 Å². The number of furan rings is 1. The summed E-state index contributed by atoms with van der Waals surface area (Å²) in [5, 5.41) is 6.22. The summed E-state index contributed by atoms with van der Waals surface area (Å²) in [5.74, 6) is 0.921. The van der Waals surface area contributed by atoms with Gasteiger partial charge in [-0.3, -0.25) is 0 Å². The van der Waals surface area contributed by atoms with Gasteiger partial charge in [0.1, 0.15) is 11.3 Å². The number of fused-ring (bicyclic) bond motifs is 4. The molecule has 0 N–H and O–H groups in total. The van der Waals surface area contributed by atoms with Gasteiger partial charge in [0.2, 0.25) is 0 Å². The zero-order valence-electron chi connectivity index (χ0n) is 30.5. The summed E-state index contributed by atoms with van der Waals surface area (Å²) in [7, 11) is 0. The molecule has 0 amide bonds. The largest absolute Gasteiger partial charge is 0.456 e. The van der Waals surface area contributed by atoms with E-state index in [-0.39, 0.29) is 0 Å². The lowest BCUT2D eigenvalue weighted by molar-refractivity contribution is 0.629. The molecule has 0 aliphatic carbocycles. The number of para-hydroxylation sites is 1. The Labute approximate surface area is 321 Å². The topological polar surface area (TPSA) is 16.4 Å². The van der Waals surface area contributed by atoms with E-state index in [9.17, 15) is 0 Å². The van der Waals surface area contributed by atoms with Crippen LogP contribution in [0.1, 0.15) is 5.56 Å². The maximum Gasteiger partial charge on any atom is 0.138 e. The maximum atomic E-state index is 6.34. The molecule has 0 bridgehead atoms. The molecule has 2 nitrogen and oxygen atoms in total. The Hall–Kier alpha value is -7.16. The van der Waals surface area contributed by atoms with Crippen molar-refractivity contribution in [3.8, 4) is 44.7 Å². The molecule has 2 heteroatoms. The fraction of sp³-hybridized carbons (Fsp3) is 0.0189. The van der Waals surface area contributed by atoms with Crippen LogP contribution in [0, 0.1) is 6.92 Å². The van der Waals surface area contributed by atoms with Crippen LogP contribution in [0.25, 0.3) is 77.2 Å². The third kappa shape index (κ3) is 5.95. The van der Waals surface area contributed by atoms with Crippen molar-refractivity contribution in [2.75, 3.05) is 4.90 Å². The summed E-state index contributed by atoms with van der Waals surface area (Å²) in [6.07, 6.45) is 0. The molecule has 1 heterocycles. The van der Waals surface area contributed by atoms with Gasteiger partial charge in [-0.15, -0.1) is 0 Å². The van der Waals surface area contributed by atoms with Crippen molar-refractivity contribution < 1.29 is 4.42 Å². The van der Waals surface area contributed by atoms with E-state index in [4.69, 9.17) is 4.42 Å². The monoisotopic (exact) mass is 703 g/mol. The number of anilines is 3. The fourth-order valence-electron chi connectivity index (χ4n) is 8.08. The van der Waals surface area contributed by atoms with Gasteiger partial charge in [-0.1, -0.05) is 152 Å². The Morgan fingerprint density at radius 3 is 1.64 bits per heavy atom. The van der Waals surface area contributed by atoms with Crippen LogP contribution in [0.4, 0.5) is 17.1 Å². The van der Waals surface area contributed by atoms with E-state index in [1.165, 1.54) is 43.8 Å². The van der Waals surface area contributed by atoms with E-state index in [0.29, 0.717) is 0 Å². The summed E-state index contributed by atoms with van der Waals surface area (Å²) in [6, 6.07) is 74.0. The van der Waals surface area contributed by atoms with Gasteiger partial charge in [-0.2, -0.15) is 0 Å². The third-order valence-electron chi connectivity index (χ3n) is 10.8. The van der Waals surface area contributed by atoms with Crippen LogP contribution in [0.5, 0.6) is 0 Å². The minimum Gasteiger partial charge on any atom is -0.456 e. The predicted octanol–water partition coefficient (Wildman–Crippen LogP) is 15.2. The number of nitrogens with zero attached hydrogens (tertiary/aromatic N) is 1. The molecular weight excluding hydrogens is 667 g/mol. The summed E-state index contributed by atoms with van der Waals surface area (Å²) in [6.45, 7) is 2.14. The standard InChI is InChI=1S/C53H37NO/c1-36-47-20-9-10-24-52(47)55-53(36)43-18-11-16-40(33-43)38-25-29-44(30-26-38)54(46-19-12-17-41(34-46)37-13-3-2-4-14-37)45-31-27-39(28-32-45)51-35-42-15-5-6-21-48(42)49-22-7-8-23-50(49)51/h2-35H,1H3. The van der Waals surface area contributed by atoms with E-state index < -0.39 is 0 Å². The Morgan fingerprint density at radius 1 is 0.345 bits per heavy atom. The van der Waals surface area contributed by atoms with E-state index >= 15 is 0 Å². The lowest BCUT2D eigenvalue weighted by Gasteiger charge is -2.26. The predicted molar refractivity (Wildman–Crippen MR) is 232 cm³/mol. The van der Waals surface area contributed by atoms with Gasteiger partial charge in [0.05, 0.1) is 0 Å². The molecule has 0 atom stereocenters. The second-order valence-electron chi connectivity index (χ2n) is 14.2. The van der Waals surface area contributed by atoms with Gasteiger partial charge < -0.3 is 9.32 Å². The average molecular weight is 704 g/mol. The smallest absolute Gasteiger partial charge is 0.138 e. The van der Waals surface area contributed by atoms with Crippen LogP contribution in [-0.2, 0) is 0 Å². The molecule has 10 rings (SSSR count). The Balaban J connectivity index is 1.05. The molecule has 0 spiro atoms. The zero-order chi connectivity index (χ0) is 36.7. The summed E-state index contributed by atoms with van der Waals surface area (Å²) in [4.78, 5) is 2.35. The molecule has 1 aromatic heterocycles. The number of benzene rings is 9. The molecule has 0 fully saturated rings. The second kappa shape index (κ2) is 13.7. The Kier molecular flexibility index (Phi) is 8.08. The first kappa shape index (κ1) is 32.5. The minimum atomic E-state index is 0.917. The summed E-state index contributed by atoms with van der Waals surface area (Å²) < 4.78 is 6.34. The van der Waals surface area contributed by atoms with Crippen LogP contribution >= 0.6 is 0 Å². The van der Waals surface area contributed by atoms with Gasteiger partial charge in [0, 0.05) is 33.6 Å². The summed E-state index contributed by atoms with van der Waals surface area (Å²) >= 11 is 0. The van der Waals surface area contributed by atoms with Crippen LogP contribution in [0.2, 0.25) is 0 Å². The highest BCUT2D eigenvalue weighted by Crippen LogP contribution is 2.41. The fourth-order valence-corrected chi connectivity index (χ4v) is 8.08. The van der Waals surface area contributed by atoms with Gasteiger partial charge in [0.15, 0.2) is 0 Å². The van der Waals surface area contributed by atoms with Crippen molar-refractivity contribution in [1.29, 1.82) is 0 Å². The van der Waals surface area contributed by atoms with Crippen LogP contribution in [0.3, 0.4) is 0 Å². The van der Waals surface area contributed by atoms with Gasteiger partial charge in [-0.05, 0) is 116 Å². The number of hydrogen-bond donors (Lipinski definition) is 0. The molecule has 0 aliphatic rings. The quantitative estimate of drug-likeness (QED) is 0.154. The van der Waals surface area contributed by atoms with Crippen molar-refractivity contribution in [2.45, 2.75) is 6.92 Å². The molecule has 10 aromatic rings. The molecule has 9 aromatic carbocycles. The molecule has 55 heavy (non-hydrogen) atoms. The van der Waals surface area contributed by atoms with Gasteiger partial charge >= 0.3 is 0 Å². The second-order valence-corrected chi connectivity index (χ2v) is 14.2. The van der Waals surface area contributed by atoms with Crippen molar-refractivity contribution in [3.05, 3.63) is 212 Å². The highest BCUT2D eigenvalue weighted by atomic mass is 16.3. The van der Waals surface area contributed by atoms with Gasteiger partial charge in [-0.25, -0.2) is 0 Å². The molecule has 0 saturated heterocycles. The lowest BCUT2D eigenvalue weighted by atomic mass is 9.93. The molecule has 0 aliphatic heterocycles. The molecule has 0 saturated carbocycles. The van der Waals surface area contributed by atoms with Crippen molar-refractivity contribution in [3.63, 3.8) is 0 Å². The SMILES string of the molecule is Cc1c(-c2cccc(-c3ccc(N(c4ccc(-c5cc6ccccc6c6ccccc56)cc4)c4cccc(-c5ccccc5)c4)cc3)c2)oc2ccccc12. The first-order chi connectivity index (χ1) is 27.2. The lowest BCUT2D eigenvalue weighted by Crippen LogP contribution is -2.10. The Morgan fingerprint density at radius 2 is 0.891 bits per heavy atom. The molecule has 260 valence electrons. The molecular formula is C53H37NO. The number of aryl methyl sites for hydroxylation is 1. The number of rotatable bonds is 7. The van der Waals surface area contributed by atoms with Crippen LogP contribution in [-0.4, -0.2) is 0 Å². The molecule has 0 unspecified atom stereocenters. The van der Waals surface area contributed by atoms with Crippen molar-refractivity contribution >= 4 is 49.6 Å². The minimum absolute atomic E-state index is 0.917. The molecule has 0 radical (unpaired) electrons. The summed E-state index contributed by atoms with van der Waals surface area (Å²) in [5.41, 5.74) is 13.5. The highest BCUT2D eigenvalue weighted by molar-refractivity contribution is 6.13. The highest BCUT2D eigenvalue weighted by Gasteiger charge is 2.17. The normalized spacial score (nSPS) is 11.4. The first-order valence-electron chi connectivity index (χ1n) is 18.8. The zero-order valence-corrected chi connectivity index (χ0v) is 30.5. The van der Waals surface area contributed by atoms with Crippen molar-refractivity contribution in [2.24, 2.45) is 0 Å². The number of hydrogen-bond acceptors (Lipinski definition) is 2. The average Bonchev–Trinajstić information content (AvgIpc) is 3.60. The van der Waals surface area contributed by atoms with E-state index in [1.807, 2.05) is 12.1 Å². The third-order valence-corrected chi connectivity index (χ3v) is 10.8. The van der Waals surface area contributed by atoms with Crippen molar-refractivity contribution in [1.82, 2.24) is 0 Å². The first-order valence-corrected chi connectivity index (χ1v) is 18.8. The van der Waals surface area contributed by atoms with E-state index in [1.54, 1.807) is 0 Å².